The Balaban J connectivity index is 1.60. The third-order valence-electron chi connectivity index (χ3n) is 4.18. The molecule has 1 saturated carbocycles. The van der Waals surface area contributed by atoms with E-state index in [9.17, 15) is 4.79 Å². The molecule has 132 valence electrons. The Labute approximate surface area is 152 Å². The van der Waals surface area contributed by atoms with Crippen LogP contribution in [0.25, 0.3) is 0 Å². The number of nitrogens with zero attached hydrogens (tertiary/aromatic N) is 2. The molecule has 1 aliphatic carbocycles. The van der Waals surface area contributed by atoms with Crippen LogP contribution in [0.3, 0.4) is 0 Å². The molecule has 0 bridgehead atoms. The van der Waals surface area contributed by atoms with E-state index in [4.69, 9.17) is 4.74 Å². The molecule has 0 radical (unpaired) electrons. The van der Waals surface area contributed by atoms with Gasteiger partial charge in [0.05, 0.1) is 18.9 Å². The van der Waals surface area contributed by atoms with Crippen molar-refractivity contribution in [2.24, 2.45) is 5.92 Å². The van der Waals surface area contributed by atoms with Crippen molar-refractivity contribution in [3.63, 3.8) is 0 Å². The maximum Gasteiger partial charge on any atom is 0.230 e. The summed E-state index contributed by atoms with van der Waals surface area (Å²) in [6.45, 7) is 3.87. The number of carbonyl (C=O) groups is 1. The number of thioether (sulfide) groups is 1. The summed E-state index contributed by atoms with van der Waals surface area (Å²) in [5, 5.41) is 3.83. The first-order valence-corrected chi connectivity index (χ1v) is 9.42. The van der Waals surface area contributed by atoms with Gasteiger partial charge in [0.2, 0.25) is 5.91 Å². The van der Waals surface area contributed by atoms with E-state index in [0.717, 1.165) is 35.5 Å². The van der Waals surface area contributed by atoms with Crippen LogP contribution in [0.2, 0.25) is 0 Å². The summed E-state index contributed by atoms with van der Waals surface area (Å²) in [5.41, 5.74) is 2.97. The highest BCUT2D eigenvalue weighted by atomic mass is 32.2. The topological polar surface area (TPSA) is 64.1 Å². The van der Waals surface area contributed by atoms with Gasteiger partial charge in [-0.3, -0.25) is 4.79 Å². The van der Waals surface area contributed by atoms with E-state index in [-0.39, 0.29) is 11.9 Å². The van der Waals surface area contributed by atoms with Crippen molar-refractivity contribution in [3.05, 3.63) is 47.3 Å². The molecule has 1 amide bonds. The summed E-state index contributed by atoms with van der Waals surface area (Å²) >= 11 is 1.38. The second kappa shape index (κ2) is 7.87. The molecule has 5 nitrogen and oxygen atoms in total. The first-order chi connectivity index (χ1) is 12.0. The highest BCUT2D eigenvalue weighted by Crippen LogP contribution is 2.41. The summed E-state index contributed by atoms with van der Waals surface area (Å²) in [6.07, 6.45) is 2.31. The number of hydrogen-bond donors (Lipinski definition) is 1. The lowest BCUT2D eigenvalue weighted by atomic mass is 10.0. The molecule has 1 aliphatic rings. The Hall–Kier alpha value is -2.08. The average Bonchev–Trinajstić information content (AvgIpc) is 3.42. The molecule has 1 fully saturated rings. The minimum atomic E-state index is 0.0143. The number of carbonyl (C=O) groups excluding carboxylic acids is 1. The van der Waals surface area contributed by atoms with Gasteiger partial charge in [0.1, 0.15) is 5.75 Å². The lowest BCUT2D eigenvalue weighted by Crippen LogP contribution is -2.31. The van der Waals surface area contributed by atoms with Gasteiger partial charge in [-0.15, -0.1) is 0 Å². The molecule has 0 unspecified atom stereocenters. The van der Waals surface area contributed by atoms with Crippen molar-refractivity contribution < 1.29 is 9.53 Å². The molecule has 6 heteroatoms. The summed E-state index contributed by atoms with van der Waals surface area (Å²) in [5.74, 6) is 1.69. The molecule has 0 saturated heterocycles. The zero-order chi connectivity index (χ0) is 17.8. The van der Waals surface area contributed by atoms with Gasteiger partial charge in [-0.2, -0.15) is 0 Å². The smallest absolute Gasteiger partial charge is 0.230 e. The van der Waals surface area contributed by atoms with Crippen LogP contribution in [0, 0.1) is 19.8 Å². The largest absolute Gasteiger partial charge is 0.497 e. The first kappa shape index (κ1) is 17.7. The number of aryl methyl sites for hydroxylation is 2. The predicted molar refractivity (Wildman–Crippen MR) is 98.8 cm³/mol. The second-order valence-electron chi connectivity index (χ2n) is 6.38. The molecule has 1 N–H and O–H groups in total. The number of benzene rings is 1. The van der Waals surface area contributed by atoms with Crippen LogP contribution in [-0.4, -0.2) is 28.7 Å². The van der Waals surface area contributed by atoms with Crippen molar-refractivity contribution in [3.8, 4) is 5.75 Å². The molecule has 2 aromatic rings. The van der Waals surface area contributed by atoms with E-state index in [1.165, 1.54) is 11.8 Å². The van der Waals surface area contributed by atoms with Gasteiger partial charge in [-0.05, 0) is 56.4 Å². The second-order valence-corrected chi connectivity index (χ2v) is 7.32. The Kier molecular flexibility index (Phi) is 5.58. The molecule has 0 spiro atoms. The van der Waals surface area contributed by atoms with Crippen LogP contribution in [0.15, 0.2) is 35.5 Å². The maximum absolute atomic E-state index is 12.4. The van der Waals surface area contributed by atoms with Gasteiger partial charge in [-0.1, -0.05) is 23.9 Å². The van der Waals surface area contributed by atoms with Crippen LogP contribution in [0.5, 0.6) is 5.75 Å². The SMILES string of the molecule is COc1ccc([C@H](NC(=O)CSc2nc(C)cc(C)n2)C2CC2)cc1. The normalized spacial score (nSPS) is 14.8. The van der Waals surface area contributed by atoms with Crippen molar-refractivity contribution >= 4 is 17.7 Å². The number of aromatic nitrogens is 2. The van der Waals surface area contributed by atoms with Crippen molar-refractivity contribution in [2.45, 2.75) is 37.9 Å². The van der Waals surface area contributed by atoms with Gasteiger partial charge in [0, 0.05) is 11.4 Å². The van der Waals surface area contributed by atoms with E-state index in [1.807, 2.05) is 44.2 Å². The number of amides is 1. The summed E-state index contributed by atoms with van der Waals surface area (Å²) in [4.78, 5) is 21.1. The maximum atomic E-state index is 12.4. The molecule has 1 atom stereocenters. The molecule has 1 aromatic carbocycles. The van der Waals surface area contributed by atoms with E-state index in [1.54, 1.807) is 7.11 Å². The van der Waals surface area contributed by atoms with Crippen molar-refractivity contribution in [1.29, 1.82) is 0 Å². The van der Waals surface area contributed by atoms with E-state index in [0.29, 0.717) is 16.8 Å². The van der Waals surface area contributed by atoms with Gasteiger partial charge < -0.3 is 10.1 Å². The summed E-state index contributed by atoms with van der Waals surface area (Å²) in [7, 11) is 1.65. The van der Waals surface area contributed by atoms with Gasteiger partial charge >= 0.3 is 0 Å². The summed E-state index contributed by atoms with van der Waals surface area (Å²) in [6, 6.07) is 9.94. The zero-order valence-corrected chi connectivity index (χ0v) is 15.6. The number of ether oxygens (including phenoxy) is 1. The minimum Gasteiger partial charge on any atom is -0.497 e. The lowest BCUT2D eigenvalue weighted by molar-refractivity contribution is -0.119. The Morgan fingerprint density at radius 1 is 1.24 bits per heavy atom. The fraction of sp³-hybridized carbons (Fsp3) is 0.421. The van der Waals surface area contributed by atoms with E-state index >= 15 is 0 Å². The average molecular weight is 357 g/mol. The third kappa shape index (κ3) is 4.95. The van der Waals surface area contributed by atoms with E-state index < -0.39 is 0 Å². The number of hydrogen-bond acceptors (Lipinski definition) is 5. The van der Waals surface area contributed by atoms with Gasteiger partial charge in [-0.25, -0.2) is 9.97 Å². The standard InChI is InChI=1S/C19H23N3O2S/c1-12-10-13(2)21-19(20-12)25-11-17(23)22-18(14-4-5-14)15-6-8-16(24-3)9-7-15/h6-10,14,18H,4-5,11H2,1-3H3,(H,22,23)/t18-/m1/s1. The summed E-state index contributed by atoms with van der Waals surface area (Å²) < 4.78 is 5.21. The van der Waals surface area contributed by atoms with Gasteiger partial charge in [0.25, 0.3) is 0 Å². The zero-order valence-electron chi connectivity index (χ0n) is 14.8. The molecular weight excluding hydrogens is 334 g/mol. The molecule has 1 aromatic heterocycles. The molecule has 25 heavy (non-hydrogen) atoms. The van der Waals surface area contributed by atoms with Crippen molar-refractivity contribution in [2.75, 3.05) is 12.9 Å². The Morgan fingerprint density at radius 3 is 2.44 bits per heavy atom. The Bertz CT molecular complexity index is 725. The first-order valence-electron chi connectivity index (χ1n) is 8.43. The van der Waals surface area contributed by atoms with Crippen LogP contribution >= 0.6 is 11.8 Å². The quantitative estimate of drug-likeness (QED) is 0.607. The number of rotatable bonds is 7. The monoisotopic (exact) mass is 357 g/mol. The fourth-order valence-corrected chi connectivity index (χ4v) is 3.58. The fourth-order valence-electron chi connectivity index (χ4n) is 2.82. The van der Waals surface area contributed by atoms with Crippen molar-refractivity contribution in [1.82, 2.24) is 15.3 Å². The van der Waals surface area contributed by atoms with Gasteiger partial charge in [0.15, 0.2) is 5.16 Å². The highest BCUT2D eigenvalue weighted by molar-refractivity contribution is 7.99. The predicted octanol–water partition coefficient (Wildman–Crippen LogP) is 3.46. The highest BCUT2D eigenvalue weighted by Gasteiger charge is 2.33. The number of nitrogens with one attached hydrogen (secondary N) is 1. The molecule has 3 rings (SSSR count). The molecular formula is C19H23N3O2S. The Morgan fingerprint density at radius 2 is 1.88 bits per heavy atom. The number of methoxy groups -OCH3 is 1. The van der Waals surface area contributed by atoms with E-state index in [2.05, 4.69) is 15.3 Å². The lowest BCUT2D eigenvalue weighted by Gasteiger charge is -2.19. The van der Waals surface area contributed by atoms with Crippen LogP contribution in [0.1, 0.15) is 35.8 Å². The van der Waals surface area contributed by atoms with Crippen LogP contribution in [0.4, 0.5) is 0 Å². The third-order valence-corrected chi connectivity index (χ3v) is 5.03. The molecule has 1 heterocycles. The van der Waals surface area contributed by atoms with Crippen LogP contribution < -0.4 is 10.1 Å². The van der Waals surface area contributed by atoms with Crippen LogP contribution in [-0.2, 0) is 4.79 Å². The minimum absolute atomic E-state index is 0.0143. The molecule has 0 aliphatic heterocycles.